The molecule has 0 aliphatic carbocycles. The van der Waals surface area contributed by atoms with Gasteiger partial charge >= 0.3 is 0 Å². The highest BCUT2D eigenvalue weighted by atomic mass is 35.5. The largest absolute Gasteiger partial charge is 0.366 e. The van der Waals surface area contributed by atoms with Gasteiger partial charge in [-0.15, -0.1) is 0 Å². The molecule has 1 heterocycles. The predicted octanol–water partition coefficient (Wildman–Crippen LogP) is 2.23. The number of anilines is 1. The standard InChI is InChI=1S/C13H9ClFN3O2/c14-9-6-7(4-5-8(9)12(16)19)17-13(20)10-2-1-3-11(15)18-10/h1-6H,(H2,16,19)(H,17,20). The van der Waals surface area contributed by atoms with E-state index in [-0.39, 0.29) is 16.3 Å². The number of benzene rings is 1. The number of nitrogens with one attached hydrogen (secondary N) is 1. The predicted molar refractivity (Wildman–Crippen MR) is 72.1 cm³/mol. The lowest BCUT2D eigenvalue weighted by atomic mass is 10.2. The van der Waals surface area contributed by atoms with Gasteiger partial charge in [-0.1, -0.05) is 17.7 Å². The van der Waals surface area contributed by atoms with Crippen LogP contribution in [0, 0.1) is 5.95 Å². The fraction of sp³-hybridized carbons (Fsp3) is 0. The average Bonchev–Trinajstić information content (AvgIpc) is 2.38. The SMILES string of the molecule is NC(=O)c1ccc(NC(=O)c2cccc(F)n2)cc1Cl. The fourth-order valence-electron chi connectivity index (χ4n) is 1.52. The Morgan fingerprint density at radius 1 is 1.25 bits per heavy atom. The summed E-state index contributed by atoms with van der Waals surface area (Å²) in [5, 5.41) is 2.60. The highest BCUT2D eigenvalue weighted by Crippen LogP contribution is 2.21. The maximum Gasteiger partial charge on any atom is 0.274 e. The molecule has 0 aliphatic heterocycles. The number of primary amides is 1. The minimum Gasteiger partial charge on any atom is -0.366 e. The lowest BCUT2D eigenvalue weighted by Gasteiger charge is -2.06. The highest BCUT2D eigenvalue weighted by Gasteiger charge is 2.11. The Kier molecular flexibility index (Phi) is 3.95. The molecule has 0 fully saturated rings. The van der Waals surface area contributed by atoms with Crippen molar-refractivity contribution in [3.05, 3.63) is 58.6 Å². The van der Waals surface area contributed by atoms with Gasteiger partial charge < -0.3 is 11.1 Å². The second-order valence-electron chi connectivity index (χ2n) is 3.86. The van der Waals surface area contributed by atoms with Gasteiger partial charge in [-0.25, -0.2) is 4.98 Å². The first-order valence-electron chi connectivity index (χ1n) is 5.50. The maximum atomic E-state index is 12.9. The Balaban J connectivity index is 2.20. The van der Waals surface area contributed by atoms with Crippen LogP contribution >= 0.6 is 11.6 Å². The van der Waals surface area contributed by atoms with Crippen molar-refractivity contribution in [2.45, 2.75) is 0 Å². The van der Waals surface area contributed by atoms with Gasteiger partial charge in [0, 0.05) is 5.69 Å². The van der Waals surface area contributed by atoms with Crippen LogP contribution in [0.2, 0.25) is 5.02 Å². The Labute approximate surface area is 118 Å². The van der Waals surface area contributed by atoms with E-state index in [2.05, 4.69) is 10.3 Å². The van der Waals surface area contributed by atoms with Crippen molar-refractivity contribution in [2.75, 3.05) is 5.32 Å². The minimum absolute atomic E-state index is 0.0694. The summed E-state index contributed by atoms with van der Waals surface area (Å²) in [7, 11) is 0. The van der Waals surface area contributed by atoms with Crippen LogP contribution in [0.25, 0.3) is 0 Å². The molecule has 0 spiro atoms. The Morgan fingerprint density at radius 2 is 2.00 bits per heavy atom. The quantitative estimate of drug-likeness (QED) is 0.851. The minimum atomic E-state index is -0.750. The summed E-state index contributed by atoms with van der Waals surface area (Å²) >= 11 is 5.85. The number of amides is 2. The van der Waals surface area contributed by atoms with Crippen molar-refractivity contribution >= 4 is 29.1 Å². The zero-order valence-corrected chi connectivity index (χ0v) is 10.8. The molecular weight excluding hydrogens is 285 g/mol. The van der Waals surface area contributed by atoms with Crippen LogP contribution in [0.15, 0.2) is 36.4 Å². The van der Waals surface area contributed by atoms with Gasteiger partial charge in [-0.2, -0.15) is 4.39 Å². The molecule has 2 aromatic rings. The number of carbonyl (C=O) groups is 2. The molecule has 1 aromatic heterocycles. The molecule has 2 rings (SSSR count). The van der Waals surface area contributed by atoms with Crippen molar-refractivity contribution in [3.63, 3.8) is 0 Å². The van der Waals surface area contributed by atoms with Crippen molar-refractivity contribution in [1.29, 1.82) is 0 Å². The first-order valence-corrected chi connectivity index (χ1v) is 5.88. The molecule has 3 N–H and O–H groups in total. The molecule has 0 atom stereocenters. The lowest BCUT2D eigenvalue weighted by Crippen LogP contribution is -2.15. The molecule has 0 aliphatic rings. The molecule has 0 radical (unpaired) electrons. The molecule has 5 nitrogen and oxygen atoms in total. The molecule has 2 amide bonds. The van der Waals surface area contributed by atoms with E-state index in [0.29, 0.717) is 5.69 Å². The van der Waals surface area contributed by atoms with Gasteiger partial charge in [0.1, 0.15) is 5.69 Å². The molecule has 0 saturated heterocycles. The molecule has 0 saturated carbocycles. The summed E-state index contributed by atoms with van der Waals surface area (Å²) in [5.74, 6) is -2.01. The average molecular weight is 294 g/mol. The normalized spacial score (nSPS) is 10.1. The van der Waals surface area contributed by atoms with E-state index >= 15 is 0 Å². The van der Waals surface area contributed by atoms with E-state index in [9.17, 15) is 14.0 Å². The first kappa shape index (κ1) is 14.0. The number of halogens is 2. The first-order chi connectivity index (χ1) is 9.47. The highest BCUT2D eigenvalue weighted by molar-refractivity contribution is 6.34. The number of pyridine rings is 1. The summed E-state index contributed by atoms with van der Waals surface area (Å²) in [6.45, 7) is 0. The topological polar surface area (TPSA) is 85.1 Å². The summed E-state index contributed by atoms with van der Waals surface area (Å²) in [4.78, 5) is 26.3. The van der Waals surface area contributed by atoms with Crippen molar-refractivity contribution in [3.8, 4) is 0 Å². The van der Waals surface area contributed by atoms with E-state index in [1.165, 1.54) is 30.3 Å². The van der Waals surface area contributed by atoms with Crippen LogP contribution in [-0.4, -0.2) is 16.8 Å². The molecule has 102 valence electrons. The number of aromatic nitrogens is 1. The summed E-state index contributed by atoms with van der Waals surface area (Å²) < 4.78 is 12.9. The third-order valence-corrected chi connectivity index (χ3v) is 2.75. The van der Waals surface area contributed by atoms with Crippen molar-refractivity contribution in [1.82, 2.24) is 4.98 Å². The van der Waals surface area contributed by atoms with E-state index < -0.39 is 17.8 Å². The maximum absolute atomic E-state index is 12.9. The molecule has 0 bridgehead atoms. The van der Waals surface area contributed by atoms with Crippen LogP contribution in [0.1, 0.15) is 20.8 Å². The molecule has 0 unspecified atom stereocenters. The smallest absolute Gasteiger partial charge is 0.274 e. The van der Waals surface area contributed by atoms with Gasteiger partial charge in [0.2, 0.25) is 11.9 Å². The van der Waals surface area contributed by atoms with Gasteiger partial charge in [-0.3, -0.25) is 9.59 Å². The molecule has 7 heteroatoms. The summed E-state index contributed by atoms with van der Waals surface area (Å²) in [6, 6.07) is 8.11. The van der Waals surface area contributed by atoms with Crippen molar-refractivity contribution < 1.29 is 14.0 Å². The van der Waals surface area contributed by atoms with Gasteiger partial charge in [0.25, 0.3) is 5.91 Å². The summed E-state index contributed by atoms with van der Waals surface area (Å²) in [5.41, 5.74) is 5.53. The third-order valence-electron chi connectivity index (χ3n) is 2.44. The monoisotopic (exact) mass is 293 g/mol. The van der Waals surface area contributed by atoms with Crippen LogP contribution in [-0.2, 0) is 0 Å². The van der Waals surface area contributed by atoms with Crippen LogP contribution in [0.5, 0.6) is 0 Å². The molecular formula is C13H9ClFN3O2. The second kappa shape index (κ2) is 5.66. The van der Waals surface area contributed by atoms with E-state index in [0.717, 1.165) is 6.07 Å². The zero-order chi connectivity index (χ0) is 14.7. The second-order valence-corrected chi connectivity index (χ2v) is 4.27. The number of carbonyl (C=O) groups excluding carboxylic acids is 2. The molecule has 20 heavy (non-hydrogen) atoms. The van der Waals surface area contributed by atoms with Crippen LogP contribution in [0.4, 0.5) is 10.1 Å². The van der Waals surface area contributed by atoms with Gasteiger partial charge in [-0.05, 0) is 30.3 Å². The zero-order valence-electron chi connectivity index (χ0n) is 10.1. The summed E-state index contributed by atoms with van der Waals surface area (Å²) in [6.07, 6.45) is 0. The van der Waals surface area contributed by atoms with Gasteiger partial charge in [0.15, 0.2) is 0 Å². The third kappa shape index (κ3) is 3.10. The Morgan fingerprint density at radius 3 is 2.60 bits per heavy atom. The van der Waals surface area contributed by atoms with Crippen LogP contribution < -0.4 is 11.1 Å². The van der Waals surface area contributed by atoms with Gasteiger partial charge in [0.05, 0.1) is 10.6 Å². The Bertz CT molecular complexity index is 691. The fourth-order valence-corrected chi connectivity index (χ4v) is 1.80. The lowest BCUT2D eigenvalue weighted by molar-refractivity contribution is 0.0998. The number of rotatable bonds is 3. The molecule has 1 aromatic carbocycles. The Hall–Kier alpha value is -2.47. The number of hydrogen-bond acceptors (Lipinski definition) is 3. The number of hydrogen-bond donors (Lipinski definition) is 2. The van der Waals surface area contributed by atoms with E-state index in [4.69, 9.17) is 17.3 Å². The van der Waals surface area contributed by atoms with E-state index in [1.54, 1.807) is 0 Å². The number of nitrogens with two attached hydrogens (primary N) is 1. The van der Waals surface area contributed by atoms with Crippen molar-refractivity contribution in [2.24, 2.45) is 5.73 Å². The van der Waals surface area contributed by atoms with Crippen LogP contribution in [0.3, 0.4) is 0 Å². The number of nitrogens with zero attached hydrogens (tertiary/aromatic N) is 1. The van der Waals surface area contributed by atoms with E-state index in [1.807, 2.05) is 0 Å².